The average molecular weight is 187 g/mol. The molecule has 0 saturated heterocycles. The number of carbonyl (C=O) groups excluding carboxylic acids is 1. The van der Waals surface area contributed by atoms with Crippen molar-refractivity contribution in [1.29, 1.82) is 0 Å². The lowest BCUT2D eigenvalue weighted by Gasteiger charge is -2.06. The van der Waals surface area contributed by atoms with Crippen molar-refractivity contribution in [2.24, 2.45) is 11.7 Å². The molecule has 0 unspecified atom stereocenters. The van der Waals surface area contributed by atoms with Crippen LogP contribution in [-0.4, -0.2) is 17.4 Å². The molecule has 3 heteroatoms. The topological polar surface area (TPSA) is 43.1 Å². The van der Waals surface area contributed by atoms with E-state index in [1.54, 1.807) is 0 Å². The van der Waals surface area contributed by atoms with Crippen molar-refractivity contribution in [3.63, 3.8) is 0 Å². The van der Waals surface area contributed by atoms with Crippen LogP contribution in [-0.2, 0) is 4.79 Å². The maximum Gasteiger partial charge on any atom is 0.218 e. The molecule has 1 amide bonds. The molecule has 12 heavy (non-hydrogen) atoms. The molecule has 0 spiro atoms. The summed E-state index contributed by atoms with van der Waals surface area (Å²) in [6.45, 7) is 0. The Morgan fingerprint density at radius 3 is 2.67 bits per heavy atom. The zero-order chi connectivity index (χ0) is 8.81. The van der Waals surface area contributed by atoms with Gasteiger partial charge in [0.05, 0.1) is 0 Å². The first kappa shape index (κ1) is 9.90. The van der Waals surface area contributed by atoms with Crippen LogP contribution in [0.4, 0.5) is 0 Å². The van der Waals surface area contributed by atoms with Gasteiger partial charge < -0.3 is 5.73 Å². The predicted molar refractivity (Wildman–Crippen MR) is 53.1 cm³/mol. The molecule has 2 nitrogen and oxygen atoms in total. The molecule has 0 heterocycles. The summed E-state index contributed by atoms with van der Waals surface area (Å²) in [5, 5.41) is 0. The Morgan fingerprint density at radius 2 is 2.08 bits per heavy atom. The van der Waals surface area contributed by atoms with Crippen LogP contribution in [0.3, 0.4) is 0 Å². The van der Waals surface area contributed by atoms with Crippen molar-refractivity contribution in [3.05, 3.63) is 0 Å². The third kappa shape index (κ3) is 4.00. The van der Waals surface area contributed by atoms with E-state index in [1.807, 2.05) is 11.8 Å². The van der Waals surface area contributed by atoms with Crippen molar-refractivity contribution >= 4 is 17.7 Å². The molecular weight excluding hydrogens is 170 g/mol. The molecule has 1 aliphatic carbocycles. The van der Waals surface area contributed by atoms with Gasteiger partial charge in [0.1, 0.15) is 0 Å². The Kier molecular flexibility index (Phi) is 4.51. The van der Waals surface area contributed by atoms with Gasteiger partial charge in [0, 0.05) is 12.2 Å². The fourth-order valence-electron chi connectivity index (χ4n) is 1.60. The average Bonchev–Trinajstić information content (AvgIpc) is 2.49. The monoisotopic (exact) mass is 187 g/mol. The van der Waals surface area contributed by atoms with Crippen LogP contribution in [0, 0.1) is 5.92 Å². The molecule has 0 bridgehead atoms. The smallest absolute Gasteiger partial charge is 0.218 e. The molecule has 0 atom stereocenters. The van der Waals surface area contributed by atoms with Crippen molar-refractivity contribution in [2.45, 2.75) is 32.1 Å². The van der Waals surface area contributed by atoms with Gasteiger partial charge >= 0.3 is 0 Å². The van der Waals surface area contributed by atoms with E-state index in [2.05, 4.69) is 0 Å². The number of carbonyl (C=O) groups is 1. The second-order valence-electron chi connectivity index (χ2n) is 3.44. The van der Waals surface area contributed by atoms with Gasteiger partial charge in [-0.2, -0.15) is 11.8 Å². The minimum atomic E-state index is -0.172. The van der Waals surface area contributed by atoms with Crippen LogP contribution < -0.4 is 5.73 Å². The molecule has 2 N–H and O–H groups in total. The lowest BCUT2D eigenvalue weighted by atomic mass is 10.1. The molecule has 1 fully saturated rings. The predicted octanol–water partition coefficient (Wildman–Crippen LogP) is 1.79. The maximum absolute atomic E-state index is 10.4. The van der Waals surface area contributed by atoms with E-state index in [0.717, 1.165) is 11.7 Å². The van der Waals surface area contributed by atoms with Crippen LogP contribution in [0.15, 0.2) is 0 Å². The molecule has 0 aromatic heterocycles. The van der Waals surface area contributed by atoms with E-state index >= 15 is 0 Å². The van der Waals surface area contributed by atoms with Crippen LogP contribution in [0.2, 0.25) is 0 Å². The number of hydrogen-bond acceptors (Lipinski definition) is 2. The number of amides is 1. The second-order valence-corrected chi connectivity index (χ2v) is 4.59. The molecule has 0 aliphatic heterocycles. The lowest BCUT2D eigenvalue weighted by Crippen LogP contribution is -2.11. The van der Waals surface area contributed by atoms with Crippen LogP contribution in [0.1, 0.15) is 32.1 Å². The van der Waals surface area contributed by atoms with Gasteiger partial charge in [-0.3, -0.25) is 4.79 Å². The molecule has 0 radical (unpaired) electrons. The highest BCUT2D eigenvalue weighted by molar-refractivity contribution is 7.99. The van der Waals surface area contributed by atoms with Gasteiger partial charge in [0.15, 0.2) is 0 Å². The third-order valence-electron chi connectivity index (χ3n) is 2.32. The Morgan fingerprint density at radius 1 is 1.42 bits per heavy atom. The van der Waals surface area contributed by atoms with Gasteiger partial charge in [-0.15, -0.1) is 0 Å². The quantitative estimate of drug-likeness (QED) is 0.667. The van der Waals surface area contributed by atoms with Crippen molar-refractivity contribution in [2.75, 3.05) is 11.5 Å². The fraction of sp³-hybridized carbons (Fsp3) is 0.889. The van der Waals surface area contributed by atoms with E-state index in [1.165, 1.54) is 31.4 Å². The Hall–Kier alpha value is -0.180. The van der Waals surface area contributed by atoms with E-state index in [-0.39, 0.29) is 5.91 Å². The largest absolute Gasteiger partial charge is 0.370 e. The molecule has 1 aliphatic rings. The van der Waals surface area contributed by atoms with Crippen LogP contribution in [0.25, 0.3) is 0 Å². The normalized spacial score (nSPS) is 18.3. The third-order valence-corrected chi connectivity index (χ3v) is 3.52. The highest BCUT2D eigenvalue weighted by atomic mass is 32.2. The first-order valence-corrected chi connectivity index (χ1v) is 5.80. The van der Waals surface area contributed by atoms with Gasteiger partial charge in [0.25, 0.3) is 0 Å². The molecular formula is C9H17NOS. The second kappa shape index (κ2) is 5.46. The van der Waals surface area contributed by atoms with E-state index in [0.29, 0.717) is 6.42 Å². The standard InChI is InChI=1S/C9H17NOS/c10-9(11)5-6-12-7-8-3-1-2-4-8/h8H,1-7H2,(H2,10,11). The Bertz CT molecular complexity index is 143. The summed E-state index contributed by atoms with van der Waals surface area (Å²) in [6.07, 6.45) is 6.13. The number of rotatable bonds is 5. The summed E-state index contributed by atoms with van der Waals surface area (Å²) in [7, 11) is 0. The minimum absolute atomic E-state index is 0.172. The Labute approximate surface area is 78.3 Å². The SMILES string of the molecule is NC(=O)CCSCC1CCCC1. The van der Waals surface area contributed by atoms with Crippen molar-refractivity contribution < 1.29 is 4.79 Å². The molecule has 0 aromatic rings. The minimum Gasteiger partial charge on any atom is -0.370 e. The first-order valence-electron chi connectivity index (χ1n) is 4.65. The van der Waals surface area contributed by atoms with Gasteiger partial charge in [-0.05, 0) is 24.5 Å². The van der Waals surface area contributed by atoms with E-state index < -0.39 is 0 Å². The highest BCUT2D eigenvalue weighted by Crippen LogP contribution is 2.27. The zero-order valence-corrected chi connectivity index (χ0v) is 8.24. The van der Waals surface area contributed by atoms with Crippen molar-refractivity contribution in [1.82, 2.24) is 0 Å². The number of primary amides is 1. The zero-order valence-electron chi connectivity index (χ0n) is 7.42. The van der Waals surface area contributed by atoms with Crippen molar-refractivity contribution in [3.8, 4) is 0 Å². The maximum atomic E-state index is 10.4. The highest BCUT2D eigenvalue weighted by Gasteiger charge is 2.14. The lowest BCUT2D eigenvalue weighted by molar-refractivity contribution is -0.117. The summed E-state index contributed by atoms with van der Waals surface area (Å²) in [4.78, 5) is 10.4. The summed E-state index contributed by atoms with van der Waals surface area (Å²) in [5.74, 6) is 2.89. The summed E-state index contributed by atoms with van der Waals surface area (Å²) >= 11 is 1.88. The molecule has 1 saturated carbocycles. The van der Waals surface area contributed by atoms with Gasteiger partial charge in [0.2, 0.25) is 5.91 Å². The van der Waals surface area contributed by atoms with Crippen LogP contribution >= 0.6 is 11.8 Å². The number of thioether (sulfide) groups is 1. The summed E-state index contributed by atoms with van der Waals surface area (Å²) in [6, 6.07) is 0. The van der Waals surface area contributed by atoms with E-state index in [9.17, 15) is 4.79 Å². The molecule has 1 rings (SSSR count). The van der Waals surface area contributed by atoms with Crippen LogP contribution in [0.5, 0.6) is 0 Å². The number of nitrogens with two attached hydrogens (primary N) is 1. The molecule has 0 aromatic carbocycles. The fourth-order valence-corrected chi connectivity index (χ4v) is 2.78. The van der Waals surface area contributed by atoms with E-state index in [4.69, 9.17) is 5.73 Å². The molecule has 70 valence electrons. The Balaban J connectivity index is 1.91. The summed E-state index contributed by atoms with van der Waals surface area (Å²) < 4.78 is 0. The van der Waals surface area contributed by atoms with Gasteiger partial charge in [-0.1, -0.05) is 12.8 Å². The number of hydrogen-bond donors (Lipinski definition) is 1. The van der Waals surface area contributed by atoms with Gasteiger partial charge in [-0.25, -0.2) is 0 Å². The summed E-state index contributed by atoms with van der Waals surface area (Å²) in [5.41, 5.74) is 5.03. The first-order chi connectivity index (χ1) is 5.79.